The zero-order chi connectivity index (χ0) is 30.9. The lowest BCUT2D eigenvalue weighted by Crippen LogP contribution is -2.30. The SMILES string of the molecule is CCCC=CCCCCCC(=O)OCC(COC(=O)CCCCCC=CCCC)OC(=O)CCCCCC=CCCC. The van der Waals surface area contributed by atoms with E-state index in [1.54, 1.807) is 0 Å². The molecule has 0 heterocycles. The fourth-order valence-corrected chi connectivity index (χ4v) is 4.21. The number of hydrogen-bond donors (Lipinski definition) is 0. The van der Waals surface area contributed by atoms with Gasteiger partial charge in [-0.2, -0.15) is 0 Å². The number of esters is 3. The van der Waals surface area contributed by atoms with Crippen LogP contribution in [0.2, 0.25) is 0 Å². The predicted octanol–water partition coefficient (Wildman–Crippen LogP) is 9.90. The van der Waals surface area contributed by atoms with Gasteiger partial charge >= 0.3 is 17.9 Å². The molecule has 0 rings (SSSR count). The molecule has 0 aliphatic heterocycles. The normalized spacial score (nSPS) is 12.4. The fraction of sp³-hybridized carbons (Fsp3) is 0.750. The summed E-state index contributed by atoms with van der Waals surface area (Å²) < 4.78 is 16.4. The minimum Gasteiger partial charge on any atom is -0.462 e. The average molecular weight is 591 g/mol. The van der Waals surface area contributed by atoms with Gasteiger partial charge in [-0.15, -0.1) is 0 Å². The highest BCUT2D eigenvalue weighted by atomic mass is 16.6. The van der Waals surface area contributed by atoms with Crippen molar-refractivity contribution in [3.63, 3.8) is 0 Å². The maximum atomic E-state index is 12.5. The van der Waals surface area contributed by atoms with Crippen LogP contribution < -0.4 is 0 Å². The summed E-state index contributed by atoms with van der Waals surface area (Å²) in [6, 6.07) is 0. The quantitative estimate of drug-likeness (QED) is 0.0373. The topological polar surface area (TPSA) is 78.9 Å². The highest BCUT2D eigenvalue weighted by Gasteiger charge is 2.19. The van der Waals surface area contributed by atoms with Gasteiger partial charge in [-0.25, -0.2) is 0 Å². The van der Waals surface area contributed by atoms with E-state index >= 15 is 0 Å². The fourth-order valence-electron chi connectivity index (χ4n) is 4.21. The molecule has 0 spiro atoms. The van der Waals surface area contributed by atoms with Gasteiger partial charge in [-0.05, 0) is 77.0 Å². The number of ether oxygens (including phenoxy) is 3. The van der Waals surface area contributed by atoms with Crippen LogP contribution in [-0.2, 0) is 28.6 Å². The Labute approximate surface area is 257 Å². The summed E-state index contributed by atoms with van der Waals surface area (Å²) in [7, 11) is 0. The van der Waals surface area contributed by atoms with Crippen LogP contribution in [0, 0.1) is 0 Å². The van der Waals surface area contributed by atoms with E-state index in [1.807, 2.05) is 0 Å². The molecule has 242 valence electrons. The van der Waals surface area contributed by atoms with Crippen LogP contribution in [-0.4, -0.2) is 37.2 Å². The van der Waals surface area contributed by atoms with Crippen molar-refractivity contribution < 1.29 is 28.6 Å². The second-order valence-electron chi connectivity index (χ2n) is 11.1. The third-order valence-electron chi connectivity index (χ3n) is 6.78. The highest BCUT2D eigenvalue weighted by Crippen LogP contribution is 2.10. The first-order valence-electron chi connectivity index (χ1n) is 17.0. The van der Waals surface area contributed by atoms with Gasteiger partial charge in [-0.1, -0.05) is 95.8 Å². The third kappa shape index (κ3) is 29.1. The van der Waals surface area contributed by atoms with Gasteiger partial charge in [-0.3, -0.25) is 14.4 Å². The van der Waals surface area contributed by atoms with Crippen LogP contribution in [0.3, 0.4) is 0 Å². The van der Waals surface area contributed by atoms with Crippen molar-refractivity contribution in [1.82, 2.24) is 0 Å². The number of hydrogen-bond acceptors (Lipinski definition) is 6. The van der Waals surface area contributed by atoms with E-state index < -0.39 is 6.10 Å². The summed E-state index contributed by atoms with van der Waals surface area (Å²) in [5, 5.41) is 0. The largest absolute Gasteiger partial charge is 0.462 e. The van der Waals surface area contributed by atoms with Crippen molar-refractivity contribution in [2.75, 3.05) is 13.2 Å². The number of carbonyl (C=O) groups is 3. The molecule has 0 aromatic carbocycles. The molecule has 0 saturated heterocycles. The van der Waals surface area contributed by atoms with Gasteiger partial charge in [0.25, 0.3) is 0 Å². The Morgan fingerprint density at radius 1 is 0.452 bits per heavy atom. The van der Waals surface area contributed by atoms with E-state index in [4.69, 9.17) is 14.2 Å². The van der Waals surface area contributed by atoms with E-state index in [-0.39, 0.29) is 31.1 Å². The van der Waals surface area contributed by atoms with Crippen molar-refractivity contribution in [2.45, 2.75) is 162 Å². The average Bonchev–Trinajstić information content (AvgIpc) is 2.98. The molecule has 0 saturated carbocycles. The Morgan fingerprint density at radius 2 is 0.786 bits per heavy atom. The van der Waals surface area contributed by atoms with Crippen molar-refractivity contribution >= 4 is 17.9 Å². The molecule has 6 nitrogen and oxygen atoms in total. The molecule has 0 N–H and O–H groups in total. The first-order valence-corrected chi connectivity index (χ1v) is 17.0. The number of allylic oxidation sites excluding steroid dienone is 6. The Balaban J connectivity index is 4.45. The summed E-state index contributed by atoms with van der Waals surface area (Å²) in [5.41, 5.74) is 0. The maximum absolute atomic E-state index is 12.5. The molecule has 0 fully saturated rings. The van der Waals surface area contributed by atoms with Gasteiger partial charge in [0.2, 0.25) is 0 Å². The summed E-state index contributed by atoms with van der Waals surface area (Å²) in [6.45, 7) is 6.30. The molecule has 0 amide bonds. The van der Waals surface area contributed by atoms with Gasteiger partial charge in [0, 0.05) is 19.3 Å². The molecular weight excluding hydrogens is 528 g/mol. The molecule has 0 aromatic rings. The van der Waals surface area contributed by atoms with Crippen molar-refractivity contribution in [1.29, 1.82) is 0 Å². The van der Waals surface area contributed by atoms with Gasteiger partial charge in [0.15, 0.2) is 6.10 Å². The van der Waals surface area contributed by atoms with Gasteiger partial charge in [0.1, 0.15) is 13.2 Å². The predicted molar refractivity (Wildman–Crippen MR) is 173 cm³/mol. The molecule has 0 atom stereocenters. The van der Waals surface area contributed by atoms with E-state index in [0.29, 0.717) is 19.3 Å². The molecule has 0 radical (unpaired) electrons. The second-order valence-corrected chi connectivity index (χ2v) is 11.1. The van der Waals surface area contributed by atoms with Crippen molar-refractivity contribution in [3.8, 4) is 0 Å². The Bertz CT molecular complexity index is 697. The minimum atomic E-state index is -0.783. The molecular formula is C36H62O6. The van der Waals surface area contributed by atoms with Crippen LogP contribution in [0.25, 0.3) is 0 Å². The Morgan fingerprint density at radius 3 is 1.14 bits per heavy atom. The van der Waals surface area contributed by atoms with E-state index in [9.17, 15) is 14.4 Å². The standard InChI is InChI=1S/C36H62O6/c1-4-7-10-13-16-19-22-25-28-34(37)40-31-33(42-36(39)30-27-24-21-18-15-12-9-6-3)32-41-35(38)29-26-23-20-17-14-11-8-5-2/h10-15,33H,4-9,16-32H2,1-3H3. The molecule has 0 bridgehead atoms. The highest BCUT2D eigenvalue weighted by molar-refractivity contribution is 5.71. The third-order valence-corrected chi connectivity index (χ3v) is 6.78. The van der Waals surface area contributed by atoms with E-state index in [0.717, 1.165) is 116 Å². The molecule has 0 unspecified atom stereocenters. The number of carbonyl (C=O) groups excluding carboxylic acids is 3. The van der Waals surface area contributed by atoms with Crippen LogP contribution in [0.4, 0.5) is 0 Å². The summed E-state index contributed by atoms with van der Waals surface area (Å²) >= 11 is 0. The lowest BCUT2D eigenvalue weighted by Gasteiger charge is -2.18. The van der Waals surface area contributed by atoms with Gasteiger partial charge < -0.3 is 14.2 Å². The zero-order valence-corrected chi connectivity index (χ0v) is 27.3. The minimum absolute atomic E-state index is 0.0933. The molecule has 6 heteroatoms. The van der Waals surface area contributed by atoms with Crippen molar-refractivity contribution in [3.05, 3.63) is 36.5 Å². The smallest absolute Gasteiger partial charge is 0.306 e. The summed E-state index contributed by atoms with van der Waals surface area (Å²) in [4.78, 5) is 37.0. The van der Waals surface area contributed by atoms with Crippen LogP contribution in [0.1, 0.15) is 156 Å². The Kier molecular flexibility index (Phi) is 29.8. The van der Waals surface area contributed by atoms with Crippen LogP contribution in [0.5, 0.6) is 0 Å². The monoisotopic (exact) mass is 590 g/mol. The summed E-state index contributed by atoms with van der Waals surface area (Å²) in [6.07, 6.45) is 31.6. The lowest BCUT2D eigenvalue weighted by molar-refractivity contribution is -0.167. The van der Waals surface area contributed by atoms with E-state index in [2.05, 4.69) is 57.2 Å². The zero-order valence-electron chi connectivity index (χ0n) is 27.3. The van der Waals surface area contributed by atoms with Crippen LogP contribution in [0.15, 0.2) is 36.5 Å². The van der Waals surface area contributed by atoms with Crippen LogP contribution >= 0.6 is 0 Å². The first kappa shape index (κ1) is 39.6. The number of unbranched alkanes of at least 4 members (excludes halogenated alkanes) is 12. The van der Waals surface area contributed by atoms with E-state index in [1.165, 1.54) is 0 Å². The second kappa shape index (κ2) is 31.6. The first-order chi connectivity index (χ1) is 20.5. The Hall–Kier alpha value is -2.37. The number of rotatable bonds is 29. The maximum Gasteiger partial charge on any atom is 0.306 e. The van der Waals surface area contributed by atoms with Crippen molar-refractivity contribution in [2.24, 2.45) is 0 Å². The molecule has 0 aromatic heterocycles. The summed E-state index contributed by atoms with van der Waals surface area (Å²) in [5.74, 6) is -0.970. The lowest BCUT2D eigenvalue weighted by atomic mass is 10.1. The molecule has 42 heavy (non-hydrogen) atoms. The van der Waals surface area contributed by atoms with Gasteiger partial charge in [0.05, 0.1) is 0 Å². The molecule has 0 aliphatic carbocycles. The molecule has 0 aliphatic rings.